The molecule has 0 bridgehead atoms. The number of anilines is 1. The molecular formula is C15H24N4O3S. The number of hydrogen-bond donors (Lipinski definition) is 1. The standard InChI is InChI=1S/C15H24N4O3S/c1-12-6-7-14(16-9-12)17-15(20)11-18(3)23(21,22)19-8-4-5-13(2)10-19/h6-7,9,13H,4-5,8,10-11H2,1-3H3,(H,16,17,20)/t13-/m0/s1. The van der Waals surface area contributed by atoms with Crippen LogP contribution in [-0.2, 0) is 15.0 Å². The molecule has 1 aliphatic heterocycles. The third-order valence-electron chi connectivity index (χ3n) is 3.89. The van der Waals surface area contributed by atoms with Crippen molar-refractivity contribution in [1.29, 1.82) is 0 Å². The summed E-state index contributed by atoms with van der Waals surface area (Å²) in [6.45, 7) is 4.73. The van der Waals surface area contributed by atoms with Crippen LogP contribution in [0.3, 0.4) is 0 Å². The molecule has 7 nitrogen and oxygen atoms in total. The van der Waals surface area contributed by atoms with E-state index < -0.39 is 16.1 Å². The first kappa shape index (κ1) is 17.8. The molecule has 1 aromatic rings. The van der Waals surface area contributed by atoms with Gasteiger partial charge in [-0.3, -0.25) is 4.79 Å². The molecule has 0 aliphatic carbocycles. The molecule has 1 fully saturated rings. The number of carbonyl (C=O) groups excluding carboxylic acids is 1. The number of rotatable bonds is 5. The van der Waals surface area contributed by atoms with Gasteiger partial charge in [0.2, 0.25) is 5.91 Å². The number of pyridine rings is 1. The van der Waals surface area contributed by atoms with Crippen molar-refractivity contribution in [3.63, 3.8) is 0 Å². The van der Waals surface area contributed by atoms with Gasteiger partial charge in [-0.25, -0.2) is 4.98 Å². The fraction of sp³-hybridized carbons (Fsp3) is 0.600. The van der Waals surface area contributed by atoms with E-state index in [2.05, 4.69) is 10.3 Å². The van der Waals surface area contributed by atoms with Crippen LogP contribution >= 0.6 is 0 Å². The number of nitrogens with zero attached hydrogens (tertiary/aromatic N) is 3. The Bertz CT molecular complexity index is 645. The molecule has 0 unspecified atom stereocenters. The SMILES string of the molecule is Cc1ccc(NC(=O)CN(C)S(=O)(=O)N2CCC[C@H](C)C2)nc1. The summed E-state index contributed by atoms with van der Waals surface area (Å²) >= 11 is 0. The maximum atomic E-state index is 12.5. The van der Waals surface area contributed by atoms with Crippen LogP contribution in [0.15, 0.2) is 18.3 Å². The molecule has 2 heterocycles. The van der Waals surface area contributed by atoms with Crippen LogP contribution in [0.4, 0.5) is 5.82 Å². The molecule has 1 aromatic heterocycles. The predicted molar refractivity (Wildman–Crippen MR) is 89.1 cm³/mol. The van der Waals surface area contributed by atoms with Crippen molar-refractivity contribution in [2.45, 2.75) is 26.7 Å². The Morgan fingerprint density at radius 2 is 2.22 bits per heavy atom. The largest absolute Gasteiger partial charge is 0.310 e. The van der Waals surface area contributed by atoms with E-state index in [0.717, 1.165) is 22.7 Å². The van der Waals surface area contributed by atoms with Crippen LogP contribution in [-0.4, -0.2) is 54.6 Å². The predicted octanol–water partition coefficient (Wildman–Crippen LogP) is 1.24. The van der Waals surface area contributed by atoms with Crippen LogP contribution in [0.5, 0.6) is 0 Å². The normalized spacial score (nSPS) is 19.7. The lowest BCUT2D eigenvalue weighted by Crippen LogP contribution is -2.48. The number of amides is 1. The molecule has 0 spiro atoms. The Labute approximate surface area is 137 Å². The first-order valence-electron chi connectivity index (χ1n) is 7.73. The number of nitrogens with one attached hydrogen (secondary N) is 1. The lowest BCUT2D eigenvalue weighted by Gasteiger charge is -2.32. The molecule has 0 aromatic carbocycles. The molecule has 23 heavy (non-hydrogen) atoms. The molecular weight excluding hydrogens is 316 g/mol. The molecule has 0 saturated carbocycles. The van der Waals surface area contributed by atoms with E-state index in [-0.39, 0.29) is 6.54 Å². The van der Waals surface area contributed by atoms with Crippen LogP contribution in [0.2, 0.25) is 0 Å². The van der Waals surface area contributed by atoms with Crippen molar-refractivity contribution >= 4 is 21.9 Å². The van der Waals surface area contributed by atoms with Gasteiger partial charge in [0.15, 0.2) is 0 Å². The van der Waals surface area contributed by atoms with E-state index in [1.807, 2.05) is 19.9 Å². The smallest absolute Gasteiger partial charge is 0.282 e. The fourth-order valence-electron chi connectivity index (χ4n) is 2.56. The van der Waals surface area contributed by atoms with Crippen LogP contribution in [0.1, 0.15) is 25.3 Å². The molecule has 1 atom stereocenters. The topological polar surface area (TPSA) is 82.6 Å². The van der Waals surface area contributed by atoms with Crippen molar-refractivity contribution in [3.05, 3.63) is 23.9 Å². The zero-order chi connectivity index (χ0) is 17.0. The van der Waals surface area contributed by atoms with E-state index in [0.29, 0.717) is 24.8 Å². The second-order valence-electron chi connectivity index (χ2n) is 6.14. The monoisotopic (exact) mass is 340 g/mol. The highest BCUT2D eigenvalue weighted by Crippen LogP contribution is 2.19. The molecule has 1 saturated heterocycles. The van der Waals surface area contributed by atoms with E-state index in [1.165, 1.54) is 11.4 Å². The van der Waals surface area contributed by atoms with Gasteiger partial charge in [-0.05, 0) is 37.3 Å². The minimum absolute atomic E-state index is 0.233. The summed E-state index contributed by atoms with van der Waals surface area (Å²) in [5.74, 6) is 0.355. The lowest BCUT2D eigenvalue weighted by atomic mass is 10.0. The third kappa shape index (κ3) is 4.73. The van der Waals surface area contributed by atoms with E-state index in [1.54, 1.807) is 12.3 Å². The molecule has 8 heteroatoms. The number of aryl methyl sites for hydroxylation is 1. The Kier molecular flexibility index (Phi) is 5.72. The van der Waals surface area contributed by atoms with Crippen molar-refractivity contribution in [3.8, 4) is 0 Å². The number of likely N-dealkylation sites (N-methyl/N-ethyl adjacent to an activating group) is 1. The maximum Gasteiger partial charge on any atom is 0.282 e. The maximum absolute atomic E-state index is 12.5. The highest BCUT2D eigenvalue weighted by Gasteiger charge is 2.31. The summed E-state index contributed by atoms with van der Waals surface area (Å²) in [6, 6.07) is 3.52. The Balaban J connectivity index is 1.95. The summed E-state index contributed by atoms with van der Waals surface area (Å²) in [5, 5.41) is 2.61. The van der Waals surface area contributed by atoms with Crippen molar-refractivity contribution in [2.24, 2.45) is 5.92 Å². The van der Waals surface area contributed by atoms with Crippen LogP contribution in [0.25, 0.3) is 0 Å². The quantitative estimate of drug-likeness (QED) is 0.874. The minimum atomic E-state index is -3.60. The van der Waals surface area contributed by atoms with E-state index >= 15 is 0 Å². The van der Waals surface area contributed by atoms with Gasteiger partial charge in [0.1, 0.15) is 5.82 Å². The Morgan fingerprint density at radius 3 is 2.83 bits per heavy atom. The highest BCUT2D eigenvalue weighted by molar-refractivity contribution is 7.86. The van der Waals surface area contributed by atoms with Crippen LogP contribution in [0, 0.1) is 12.8 Å². The van der Waals surface area contributed by atoms with Gasteiger partial charge in [0.25, 0.3) is 10.2 Å². The second kappa shape index (κ2) is 7.37. The Hall–Kier alpha value is -1.51. The van der Waals surface area contributed by atoms with E-state index in [9.17, 15) is 13.2 Å². The number of hydrogen-bond acceptors (Lipinski definition) is 4. The first-order chi connectivity index (χ1) is 10.8. The van der Waals surface area contributed by atoms with Crippen molar-refractivity contribution < 1.29 is 13.2 Å². The van der Waals surface area contributed by atoms with Gasteiger partial charge in [-0.15, -0.1) is 0 Å². The molecule has 128 valence electrons. The Morgan fingerprint density at radius 1 is 1.48 bits per heavy atom. The summed E-state index contributed by atoms with van der Waals surface area (Å²) in [5.41, 5.74) is 0.988. The van der Waals surface area contributed by atoms with Gasteiger partial charge >= 0.3 is 0 Å². The zero-order valence-corrected chi connectivity index (χ0v) is 14.6. The van der Waals surface area contributed by atoms with Crippen molar-refractivity contribution in [2.75, 3.05) is 32.0 Å². The van der Waals surface area contributed by atoms with Gasteiger partial charge in [-0.1, -0.05) is 13.0 Å². The van der Waals surface area contributed by atoms with Crippen LogP contribution < -0.4 is 5.32 Å². The molecule has 1 amide bonds. The average molecular weight is 340 g/mol. The molecule has 0 radical (unpaired) electrons. The molecule has 2 rings (SSSR count). The number of carbonyl (C=O) groups is 1. The van der Waals surface area contributed by atoms with Crippen molar-refractivity contribution in [1.82, 2.24) is 13.6 Å². The molecule has 1 N–H and O–H groups in total. The molecule has 1 aliphatic rings. The fourth-order valence-corrected chi connectivity index (χ4v) is 4.04. The summed E-state index contributed by atoms with van der Waals surface area (Å²) < 4.78 is 27.6. The summed E-state index contributed by atoms with van der Waals surface area (Å²) in [7, 11) is -2.18. The van der Waals surface area contributed by atoms with Gasteiger partial charge in [-0.2, -0.15) is 17.0 Å². The first-order valence-corrected chi connectivity index (χ1v) is 9.12. The zero-order valence-electron chi connectivity index (χ0n) is 13.8. The van der Waals surface area contributed by atoms with Gasteiger partial charge < -0.3 is 5.32 Å². The lowest BCUT2D eigenvalue weighted by molar-refractivity contribution is -0.116. The highest BCUT2D eigenvalue weighted by atomic mass is 32.2. The average Bonchev–Trinajstić information content (AvgIpc) is 2.49. The minimum Gasteiger partial charge on any atom is -0.310 e. The number of aromatic nitrogens is 1. The van der Waals surface area contributed by atoms with E-state index in [4.69, 9.17) is 0 Å². The summed E-state index contributed by atoms with van der Waals surface area (Å²) in [6.07, 6.45) is 3.54. The van der Waals surface area contributed by atoms with Gasteiger partial charge in [0.05, 0.1) is 6.54 Å². The summed E-state index contributed by atoms with van der Waals surface area (Å²) in [4.78, 5) is 16.1. The third-order valence-corrected chi connectivity index (χ3v) is 5.79. The van der Waals surface area contributed by atoms with Gasteiger partial charge in [0, 0.05) is 26.3 Å². The number of piperidine rings is 1. The second-order valence-corrected chi connectivity index (χ2v) is 8.17.